The van der Waals surface area contributed by atoms with E-state index < -0.39 is 0 Å². The first kappa shape index (κ1) is 13.8. The highest BCUT2D eigenvalue weighted by Crippen LogP contribution is 2.28. The first-order valence-corrected chi connectivity index (χ1v) is 6.35. The summed E-state index contributed by atoms with van der Waals surface area (Å²) in [6, 6.07) is 7.89. The highest BCUT2D eigenvalue weighted by molar-refractivity contribution is 5.85. The van der Waals surface area contributed by atoms with Gasteiger partial charge >= 0.3 is 0 Å². The zero-order valence-corrected chi connectivity index (χ0v) is 11.2. The molecule has 1 unspecified atom stereocenters. The van der Waals surface area contributed by atoms with Crippen molar-refractivity contribution in [3.8, 4) is 5.75 Å². The van der Waals surface area contributed by atoms with Crippen LogP contribution in [0.5, 0.6) is 5.75 Å². The Labute approximate surface area is 104 Å². The molecule has 0 aromatic heterocycles. The molecule has 0 spiro atoms. The van der Waals surface area contributed by atoms with E-state index in [9.17, 15) is 4.79 Å². The van der Waals surface area contributed by atoms with Gasteiger partial charge in [-0.2, -0.15) is 0 Å². The number of carbonyl (C=O) groups excluding carboxylic acids is 1. The predicted octanol–water partition coefficient (Wildman–Crippen LogP) is 3.80. The zero-order valence-electron chi connectivity index (χ0n) is 11.2. The molecule has 1 atom stereocenters. The lowest BCUT2D eigenvalue weighted by Gasteiger charge is -2.19. The number of benzene rings is 1. The van der Waals surface area contributed by atoms with Crippen molar-refractivity contribution in [2.75, 3.05) is 6.61 Å². The lowest BCUT2D eigenvalue weighted by Crippen LogP contribution is -2.17. The van der Waals surface area contributed by atoms with Crippen LogP contribution in [0.4, 0.5) is 0 Å². The molecule has 94 valence electrons. The van der Waals surface area contributed by atoms with Gasteiger partial charge in [-0.3, -0.25) is 4.79 Å². The van der Waals surface area contributed by atoms with E-state index in [1.807, 2.05) is 38.1 Å². The van der Waals surface area contributed by atoms with Crippen molar-refractivity contribution in [2.24, 2.45) is 5.92 Å². The minimum absolute atomic E-state index is 0.00989. The van der Waals surface area contributed by atoms with Crippen LogP contribution >= 0.6 is 0 Å². The lowest BCUT2D eigenvalue weighted by atomic mass is 9.84. The molecule has 17 heavy (non-hydrogen) atoms. The number of ketones is 1. The molecule has 0 aliphatic carbocycles. The smallest absolute Gasteiger partial charge is 0.140 e. The molecule has 0 aliphatic rings. The lowest BCUT2D eigenvalue weighted by molar-refractivity contribution is -0.121. The third-order valence-electron chi connectivity index (χ3n) is 2.91. The fraction of sp³-hybridized carbons (Fsp3) is 0.533. The van der Waals surface area contributed by atoms with Crippen LogP contribution in [-0.2, 0) is 4.79 Å². The summed E-state index contributed by atoms with van der Waals surface area (Å²) in [7, 11) is 0. The van der Waals surface area contributed by atoms with Crippen molar-refractivity contribution < 1.29 is 9.53 Å². The highest BCUT2D eigenvalue weighted by atomic mass is 16.5. The van der Waals surface area contributed by atoms with Crippen molar-refractivity contribution >= 4 is 5.78 Å². The van der Waals surface area contributed by atoms with E-state index in [4.69, 9.17) is 4.74 Å². The molecule has 0 radical (unpaired) electrons. The van der Waals surface area contributed by atoms with E-state index in [2.05, 4.69) is 13.8 Å². The number of rotatable bonds is 6. The van der Waals surface area contributed by atoms with Crippen LogP contribution in [0.25, 0.3) is 0 Å². The van der Waals surface area contributed by atoms with Crippen LogP contribution in [-0.4, -0.2) is 12.4 Å². The third kappa shape index (κ3) is 3.58. The maximum Gasteiger partial charge on any atom is 0.140 e. The standard InChI is InChI=1S/C15H22O2/c1-5-14(16)15(11(3)4)12-7-9-13(10-8-12)17-6-2/h7-11,15H,5-6H2,1-4H3. The first-order valence-electron chi connectivity index (χ1n) is 6.35. The summed E-state index contributed by atoms with van der Waals surface area (Å²) < 4.78 is 5.40. The molecule has 0 amide bonds. The monoisotopic (exact) mass is 234 g/mol. The van der Waals surface area contributed by atoms with Crippen molar-refractivity contribution in [2.45, 2.75) is 40.0 Å². The Morgan fingerprint density at radius 2 is 1.76 bits per heavy atom. The van der Waals surface area contributed by atoms with Crippen molar-refractivity contribution in [1.82, 2.24) is 0 Å². The van der Waals surface area contributed by atoms with Crippen LogP contribution in [0.2, 0.25) is 0 Å². The number of hydrogen-bond acceptors (Lipinski definition) is 2. The normalized spacial score (nSPS) is 12.5. The van der Waals surface area contributed by atoms with Gasteiger partial charge in [0.15, 0.2) is 0 Å². The van der Waals surface area contributed by atoms with Gasteiger partial charge in [0.05, 0.1) is 6.61 Å². The van der Waals surface area contributed by atoms with E-state index in [0.717, 1.165) is 11.3 Å². The molecular weight excluding hydrogens is 212 g/mol. The van der Waals surface area contributed by atoms with Gasteiger partial charge in [-0.1, -0.05) is 32.9 Å². The molecule has 1 aromatic carbocycles. The van der Waals surface area contributed by atoms with Crippen LogP contribution in [0, 0.1) is 5.92 Å². The minimum atomic E-state index is 0.00989. The Morgan fingerprint density at radius 1 is 1.18 bits per heavy atom. The van der Waals surface area contributed by atoms with Gasteiger partial charge in [0.2, 0.25) is 0 Å². The first-order chi connectivity index (χ1) is 8.10. The highest BCUT2D eigenvalue weighted by Gasteiger charge is 2.22. The molecule has 2 heteroatoms. The van der Waals surface area contributed by atoms with Crippen molar-refractivity contribution in [3.63, 3.8) is 0 Å². The molecule has 0 saturated heterocycles. The van der Waals surface area contributed by atoms with E-state index >= 15 is 0 Å². The Morgan fingerprint density at radius 3 is 2.18 bits per heavy atom. The average molecular weight is 234 g/mol. The maximum absolute atomic E-state index is 11.9. The van der Waals surface area contributed by atoms with Crippen molar-refractivity contribution in [3.05, 3.63) is 29.8 Å². The number of hydrogen-bond donors (Lipinski definition) is 0. The molecule has 1 aromatic rings. The number of ether oxygens (including phenoxy) is 1. The predicted molar refractivity (Wildman–Crippen MR) is 70.5 cm³/mol. The van der Waals surface area contributed by atoms with Crippen LogP contribution in [0.15, 0.2) is 24.3 Å². The third-order valence-corrected chi connectivity index (χ3v) is 2.91. The molecule has 0 aliphatic heterocycles. The molecule has 0 saturated carbocycles. The molecule has 0 N–H and O–H groups in total. The fourth-order valence-corrected chi connectivity index (χ4v) is 2.10. The summed E-state index contributed by atoms with van der Waals surface area (Å²) in [5.74, 6) is 1.52. The van der Waals surface area contributed by atoms with Crippen LogP contribution in [0.3, 0.4) is 0 Å². The van der Waals surface area contributed by atoms with E-state index in [1.165, 1.54) is 0 Å². The second kappa shape index (κ2) is 6.43. The minimum Gasteiger partial charge on any atom is -0.494 e. The number of Topliss-reactive ketones (excluding diaryl/α,β-unsaturated/α-hetero) is 1. The Bertz CT molecular complexity index is 352. The molecule has 0 bridgehead atoms. The van der Waals surface area contributed by atoms with Crippen LogP contribution in [0.1, 0.15) is 45.6 Å². The summed E-state index contributed by atoms with van der Waals surface area (Å²) in [6.07, 6.45) is 0.593. The summed E-state index contributed by atoms with van der Waals surface area (Å²) in [5.41, 5.74) is 1.09. The van der Waals surface area contributed by atoms with Gasteiger partial charge in [0, 0.05) is 12.3 Å². The van der Waals surface area contributed by atoms with Gasteiger partial charge in [-0.25, -0.2) is 0 Å². The largest absolute Gasteiger partial charge is 0.494 e. The average Bonchev–Trinajstić information content (AvgIpc) is 2.31. The Kier molecular flexibility index (Phi) is 5.20. The SMILES string of the molecule is CCOc1ccc(C(C(=O)CC)C(C)C)cc1. The van der Waals surface area contributed by atoms with E-state index in [-0.39, 0.29) is 5.92 Å². The van der Waals surface area contributed by atoms with Crippen molar-refractivity contribution in [1.29, 1.82) is 0 Å². The summed E-state index contributed by atoms with van der Waals surface area (Å²) in [5, 5.41) is 0. The number of carbonyl (C=O) groups is 1. The maximum atomic E-state index is 11.9. The second-order valence-corrected chi connectivity index (χ2v) is 4.54. The summed E-state index contributed by atoms with van der Waals surface area (Å²) in [4.78, 5) is 11.9. The van der Waals surface area contributed by atoms with E-state index in [0.29, 0.717) is 24.7 Å². The second-order valence-electron chi connectivity index (χ2n) is 4.54. The Hall–Kier alpha value is -1.31. The summed E-state index contributed by atoms with van der Waals surface area (Å²) in [6.45, 7) is 8.74. The zero-order chi connectivity index (χ0) is 12.8. The van der Waals surface area contributed by atoms with E-state index in [1.54, 1.807) is 0 Å². The summed E-state index contributed by atoms with van der Waals surface area (Å²) >= 11 is 0. The van der Waals surface area contributed by atoms with Gasteiger partial charge < -0.3 is 4.74 Å². The van der Waals surface area contributed by atoms with Crippen LogP contribution < -0.4 is 4.74 Å². The molecule has 1 rings (SSSR count). The topological polar surface area (TPSA) is 26.3 Å². The molecule has 0 heterocycles. The molecular formula is C15H22O2. The van der Waals surface area contributed by atoms with Gasteiger partial charge in [-0.15, -0.1) is 0 Å². The van der Waals surface area contributed by atoms with Gasteiger partial charge in [0.25, 0.3) is 0 Å². The quantitative estimate of drug-likeness (QED) is 0.748. The molecule has 2 nitrogen and oxygen atoms in total. The Balaban J connectivity index is 2.91. The van der Waals surface area contributed by atoms with Gasteiger partial charge in [-0.05, 0) is 30.5 Å². The van der Waals surface area contributed by atoms with Gasteiger partial charge in [0.1, 0.15) is 11.5 Å². The fourth-order valence-electron chi connectivity index (χ4n) is 2.10. The molecule has 0 fully saturated rings.